The Hall–Kier alpha value is -1.35. The molecule has 0 saturated heterocycles. The predicted octanol–water partition coefficient (Wildman–Crippen LogP) is 4.56. The van der Waals surface area contributed by atoms with Crippen LogP contribution in [0.2, 0.25) is 0 Å². The number of aromatic nitrogens is 1. The molecule has 0 N–H and O–H groups in total. The minimum atomic E-state index is 0.598. The third-order valence-corrected chi connectivity index (χ3v) is 3.30. The van der Waals surface area contributed by atoms with Crippen LogP contribution >= 0.6 is 15.9 Å². The first-order chi connectivity index (χ1) is 8.08. The molecule has 1 aromatic carbocycles. The minimum Gasteiger partial charge on any atom is -0.438 e. The number of hydrogen-bond acceptors (Lipinski definition) is 2. The summed E-state index contributed by atoms with van der Waals surface area (Å²) in [7, 11) is 0. The molecule has 0 bridgehead atoms. The van der Waals surface area contributed by atoms with Gasteiger partial charge in [-0.3, -0.25) is 0 Å². The third-order valence-electron chi connectivity index (χ3n) is 2.70. The zero-order chi connectivity index (χ0) is 12.4. The van der Waals surface area contributed by atoms with Crippen LogP contribution in [0, 0.1) is 20.8 Å². The monoisotopic (exact) mass is 291 g/mol. The van der Waals surface area contributed by atoms with Crippen LogP contribution in [0.1, 0.15) is 16.7 Å². The Kier molecular flexibility index (Phi) is 3.48. The van der Waals surface area contributed by atoms with E-state index in [0.29, 0.717) is 5.88 Å². The first kappa shape index (κ1) is 12.1. The fourth-order valence-electron chi connectivity index (χ4n) is 1.66. The van der Waals surface area contributed by atoms with Crippen LogP contribution in [0.5, 0.6) is 11.6 Å². The summed E-state index contributed by atoms with van der Waals surface area (Å²) >= 11 is 3.43. The Morgan fingerprint density at radius 1 is 1.18 bits per heavy atom. The zero-order valence-corrected chi connectivity index (χ0v) is 11.7. The summed E-state index contributed by atoms with van der Waals surface area (Å²) in [4.78, 5) is 4.20. The zero-order valence-electron chi connectivity index (χ0n) is 10.1. The number of benzene rings is 1. The molecule has 0 aliphatic heterocycles. The lowest BCUT2D eigenvalue weighted by Gasteiger charge is -2.12. The maximum absolute atomic E-state index is 5.84. The standard InChI is InChI=1S/C14H14BrNO/c1-9-7-10(2)11(3)13(8-9)17-14-12(15)5-4-6-16-14/h4-8H,1-3H3. The molecule has 1 aromatic heterocycles. The van der Waals surface area contributed by atoms with E-state index in [2.05, 4.69) is 47.8 Å². The number of halogens is 1. The maximum Gasteiger partial charge on any atom is 0.233 e. The first-order valence-corrected chi connectivity index (χ1v) is 6.23. The van der Waals surface area contributed by atoms with Crippen molar-refractivity contribution in [3.8, 4) is 11.6 Å². The lowest BCUT2D eigenvalue weighted by atomic mass is 10.1. The van der Waals surface area contributed by atoms with Gasteiger partial charge in [0.25, 0.3) is 0 Å². The lowest BCUT2D eigenvalue weighted by molar-refractivity contribution is 0.455. The first-order valence-electron chi connectivity index (χ1n) is 5.44. The maximum atomic E-state index is 5.84. The lowest BCUT2D eigenvalue weighted by Crippen LogP contribution is -1.94. The van der Waals surface area contributed by atoms with Gasteiger partial charge in [0.1, 0.15) is 5.75 Å². The topological polar surface area (TPSA) is 22.1 Å². The van der Waals surface area contributed by atoms with E-state index in [4.69, 9.17) is 4.74 Å². The summed E-state index contributed by atoms with van der Waals surface area (Å²) in [6, 6.07) is 7.96. The van der Waals surface area contributed by atoms with Gasteiger partial charge in [-0.25, -0.2) is 4.98 Å². The van der Waals surface area contributed by atoms with Crippen molar-refractivity contribution in [3.63, 3.8) is 0 Å². The van der Waals surface area contributed by atoms with Crippen LogP contribution in [0.3, 0.4) is 0 Å². The minimum absolute atomic E-state index is 0.598. The van der Waals surface area contributed by atoms with Crippen LogP contribution in [0.15, 0.2) is 34.9 Å². The van der Waals surface area contributed by atoms with Gasteiger partial charge in [0.05, 0.1) is 4.47 Å². The van der Waals surface area contributed by atoms with Gasteiger partial charge in [0, 0.05) is 6.20 Å². The Bertz CT molecular complexity index is 552. The number of aryl methyl sites for hydroxylation is 2. The second kappa shape index (κ2) is 4.88. The molecule has 2 nitrogen and oxygen atoms in total. The number of rotatable bonds is 2. The number of ether oxygens (including phenoxy) is 1. The smallest absolute Gasteiger partial charge is 0.233 e. The van der Waals surface area contributed by atoms with Crippen LogP contribution in [0.25, 0.3) is 0 Å². The van der Waals surface area contributed by atoms with E-state index in [1.54, 1.807) is 6.20 Å². The quantitative estimate of drug-likeness (QED) is 0.809. The molecular weight excluding hydrogens is 278 g/mol. The molecule has 0 saturated carbocycles. The van der Waals surface area contributed by atoms with E-state index < -0.39 is 0 Å². The van der Waals surface area contributed by atoms with E-state index in [1.165, 1.54) is 11.1 Å². The van der Waals surface area contributed by atoms with Crippen molar-refractivity contribution in [2.75, 3.05) is 0 Å². The van der Waals surface area contributed by atoms with Gasteiger partial charge in [0.2, 0.25) is 5.88 Å². The molecule has 3 heteroatoms. The van der Waals surface area contributed by atoms with Gasteiger partial charge >= 0.3 is 0 Å². The Morgan fingerprint density at radius 3 is 2.65 bits per heavy atom. The molecule has 2 aromatic rings. The SMILES string of the molecule is Cc1cc(C)c(C)c(Oc2ncccc2Br)c1. The largest absolute Gasteiger partial charge is 0.438 e. The van der Waals surface area contributed by atoms with Crippen molar-refractivity contribution in [1.29, 1.82) is 0 Å². The molecular formula is C14H14BrNO. The van der Waals surface area contributed by atoms with Crippen molar-refractivity contribution >= 4 is 15.9 Å². The van der Waals surface area contributed by atoms with Gasteiger partial charge < -0.3 is 4.74 Å². The van der Waals surface area contributed by atoms with E-state index >= 15 is 0 Å². The highest BCUT2D eigenvalue weighted by Gasteiger charge is 2.08. The summed E-state index contributed by atoms with van der Waals surface area (Å²) in [5.41, 5.74) is 3.57. The molecule has 0 aliphatic carbocycles. The highest BCUT2D eigenvalue weighted by Crippen LogP contribution is 2.31. The molecule has 0 atom stereocenters. The molecule has 17 heavy (non-hydrogen) atoms. The Labute approximate surface area is 110 Å². The van der Waals surface area contributed by atoms with Crippen molar-refractivity contribution in [2.24, 2.45) is 0 Å². The highest BCUT2D eigenvalue weighted by atomic mass is 79.9. The molecule has 0 radical (unpaired) electrons. The van der Waals surface area contributed by atoms with Crippen LogP contribution in [-0.2, 0) is 0 Å². The van der Waals surface area contributed by atoms with Crippen molar-refractivity contribution in [1.82, 2.24) is 4.98 Å². The summed E-state index contributed by atoms with van der Waals surface area (Å²) in [6.45, 7) is 6.20. The molecule has 2 rings (SSSR count). The third kappa shape index (κ3) is 2.67. The van der Waals surface area contributed by atoms with Crippen LogP contribution < -0.4 is 4.74 Å². The summed E-state index contributed by atoms with van der Waals surface area (Å²) in [5.74, 6) is 1.46. The highest BCUT2D eigenvalue weighted by molar-refractivity contribution is 9.10. The second-order valence-electron chi connectivity index (χ2n) is 4.10. The van der Waals surface area contributed by atoms with E-state index in [-0.39, 0.29) is 0 Å². The molecule has 0 spiro atoms. The van der Waals surface area contributed by atoms with E-state index in [1.807, 2.05) is 18.2 Å². The summed E-state index contributed by atoms with van der Waals surface area (Å²) in [5, 5.41) is 0. The molecule has 0 amide bonds. The Balaban J connectivity index is 2.40. The molecule has 88 valence electrons. The van der Waals surface area contributed by atoms with E-state index in [0.717, 1.165) is 15.8 Å². The summed E-state index contributed by atoms with van der Waals surface area (Å²) in [6.07, 6.45) is 1.72. The predicted molar refractivity (Wildman–Crippen MR) is 72.7 cm³/mol. The van der Waals surface area contributed by atoms with E-state index in [9.17, 15) is 0 Å². The van der Waals surface area contributed by atoms with Gasteiger partial charge in [0.15, 0.2) is 0 Å². The average molecular weight is 292 g/mol. The summed E-state index contributed by atoms with van der Waals surface area (Å²) < 4.78 is 6.70. The number of pyridine rings is 1. The normalized spacial score (nSPS) is 10.4. The van der Waals surface area contributed by atoms with Gasteiger partial charge in [-0.2, -0.15) is 0 Å². The van der Waals surface area contributed by atoms with Gasteiger partial charge in [-0.05, 0) is 71.6 Å². The molecule has 0 aliphatic rings. The molecule has 0 fully saturated rings. The van der Waals surface area contributed by atoms with Gasteiger partial charge in [-0.15, -0.1) is 0 Å². The van der Waals surface area contributed by atoms with Crippen LogP contribution in [-0.4, -0.2) is 4.98 Å². The molecule has 1 heterocycles. The van der Waals surface area contributed by atoms with Crippen molar-refractivity contribution < 1.29 is 4.74 Å². The number of hydrogen-bond donors (Lipinski definition) is 0. The fraction of sp³-hybridized carbons (Fsp3) is 0.214. The van der Waals surface area contributed by atoms with Crippen molar-refractivity contribution in [2.45, 2.75) is 20.8 Å². The molecule has 0 unspecified atom stereocenters. The second-order valence-corrected chi connectivity index (χ2v) is 4.95. The number of nitrogens with zero attached hydrogens (tertiary/aromatic N) is 1. The van der Waals surface area contributed by atoms with Gasteiger partial charge in [-0.1, -0.05) is 6.07 Å². The van der Waals surface area contributed by atoms with Crippen LogP contribution in [0.4, 0.5) is 0 Å². The Morgan fingerprint density at radius 2 is 1.94 bits per heavy atom. The van der Waals surface area contributed by atoms with Crippen molar-refractivity contribution in [3.05, 3.63) is 51.6 Å². The fourth-order valence-corrected chi connectivity index (χ4v) is 1.99. The average Bonchev–Trinajstić information content (AvgIpc) is 2.28.